The van der Waals surface area contributed by atoms with E-state index in [4.69, 9.17) is 57.1 Å². The molecular formula is C27H51N5O13. The number of aliphatic hydroxyl groups is 7. The lowest BCUT2D eigenvalue weighted by molar-refractivity contribution is -0.286. The van der Waals surface area contributed by atoms with Crippen molar-refractivity contribution in [3.63, 3.8) is 0 Å². The van der Waals surface area contributed by atoms with E-state index in [1.165, 1.54) is 0 Å². The van der Waals surface area contributed by atoms with Crippen molar-refractivity contribution in [2.75, 3.05) is 32.9 Å². The second kappa shape index (κ2) is 16.4. The molecule has 4 rings (SSSR count). The third-order valence-electron chi connectivity index (χ3n) is 9.02. The highest BCUT2D eigenvalue weighted by atomic mass is 16.8. The molecule has 45 heavy (non-hydrogen) atoms. The fraction of sp³-hybridized carbons (Fsp3) is 0.926. The fourth-order valence-corrected chi connectivity index (χ4v) is 6.31. The molecular weight excluding hydrogens is 602 g/mol. The average molecular weight is 654 g/mol. The van der Waals surface area contributed by atoms with Gasteiger partial charge in [-0.1, -0.05) is 12.2 Å². The van der Waals surface area contributed by atoms with E-state index in [1.807, 2.05) is 0 Å². The molecule has 4 aliphatic rings. The van der Waals surface area contributed by atoms with Crippen molar-refractivity contribution >= 4 is 0 Å². The Balaban J connectivity index is 1.54. The molecule has 3 fully saturated rings. The third kappa shape index (κ3) is 8.19. The monoisotopic (exact) mass is 653 g/mol. The summed E-state index contributed by atoms with van der Waals surface area (Å²) in [4.78, 5) is 0. The Hall–Kier alpha value is -0.980. The minimum atomic E-state index is -1.58. The third-order valence-corrected chi connectivity index (χ3v) is 9.02. The molecule has 262 valence electrons. The van der Waals surface area contributed by atoms with Crippen LogP contribution in [0.25, 0.3) is 0 Å². The molecule has 0 aromatic heterocycles. The van der Waals surface area contributed by atoms with Crippen LogP contribution in [0.2, 0.25) is 0 Å². The number of hydrogen-bond acceptors (Lipinski definition) is 18. The van der Waals surface area contributed by atoms with Crippen molar-refractivity contribution < 1.29 is 64.2 Å². The van der Waals surface area contributed by atoms with Gasteiger partial charge < -0.3 is 92.8 Å². The molecule has 18 nitrogen and oxygen atoms in total. The van der Waals surface area contributed by atoms with Crippen molar-refractivity contribution in [3.8, 4) is 0 Å². The van der Waals surface area contributed by atoms with Crippen LogP contribution in [0.1, 0.15) is 12.8 Å². The first-order valence-electron chi connectivity index (χ1n) is 15.3. The molecule has 1 saturated carbocycles. The predicted octanol–water partition coefficient (Wildman–Crippen LogP) is -6.78. The largest absolute Gasteiger partial charge is 0.396 e. The van der Waals surface area contributed by atoms with E-state index in [1.54, 1.807) is 12.2 Å². The first kappa shape index (κ1) is 36.8. The van der Waals surface area contributed by atoms with Gasteiger partial charge in [0.2, 0.25) is 0 Å². The molecule has 0 unspecified atom stereocenters. The Morgan fingerprint density at radius 2 is 1.33 bits per heavy atom. The van der Waals surface area contributed by atoms with Crippen molar-refractivity contribution in [1.29, 1.82) is 0 Å². The van der Waals surface area contributed by atoms with Gasteiger partial charge in [0.25, 0.3) is 0 Å². The number of hydrogen-bond donors (Lipinski definition) is 12. The van der Waals surface area contributed by atoms with E-state index in [9.17, 15) is 35.7 Å². The summed E-state index contributed by atoms with van der Waals surface area (Å²) in [6, 6.07) is -2.68. The van der Waals surface area contributed by atoms with Crippen LogP contribution in [0.5, 0.6) is 0 Å². The predicted molar refractivity (Wildman–Crippen MR) is 153 cm³/mol. The van der Waals surface area contributed by atoms with E-state index in [0.29, 0.717) is 0 Å². The fourth-order valence-electron chi connectivity index (χ4n) is 6.31. The maximum absolute atomic E-state index is 11.5. The summed E-state index contributed by atoms with van der Waals surface area (Å²) in [5.74, 6) is -1.09. The van der Waals surface area contributed by atoms with Crippen LogP contribution in [-0.2, 0) is 28.4 Å². The Morgan fingerprint density at radius 3 is 1.96 bits per heavy atom. The van der Waals surface area contributed by atoms with E-state index < -0.39 is 116 Å². The smallest absolute Gasteiger partial charge is 0.187 e. The maximum Gasteiger partial charge on any atom is 0.187 e. The van der Waals surface area contributed by atoms with Gasteiger partial charge in [-0.2, -0.15) is 0 Å². The highest BCUT2D eigenvalue weighted by Crippen LogP contribution is 2.37. The van der Waals surface area contributed by atoms with Crippen LogP contribution in [0.3, 0.4) is 0 Å². The minimum absolute atomic E-state index is 0.157. The Morgan fingerprint density at radius 1 is 0.689 bits per heavy atom. The lowest BCUT2D eigenvalue weighted by Gasteiger charge is -2.46. The zero-order valence-electron chi connectivity index (χ0n) is 25.0. The highest BCUT2D eigenvalue weighted by molar-refractivity contribution is 5.05. The van der Waals surface area contributed by atoms with Gasteiger partial charge >= 0.3 is 0 Å². The first-order chi connectivity index (χ1) is 21.5. The molecule has 0 aromatic carbocycles. The van der Waals surface area contributed by atoms with Crippen molar-refractivity contribution in [3.05, 3.63) is 12.2 Å². The van der Waals surface area contributed by atoms with Gasteiger partial charge in [-0.25, -0.2) is 0 Å². The molecule has 2 saturated heterocycles. The van der Waals surface area contributed by atoms with Crippen LogP contribution in [0, 0.1) is 11.8 Å². The second-order valence-corrected chi connectivity index (χ2v) is 12.2. The standard InChI is InChI=1S/C27H51N5O13/c28-5-12-1-2-13(30)25(40-12)43-22-14(31)4-11(3-10(7-33)8-34)18(36)24(22)45-27-21(39)23(16(9-35)42-27)44-26-17(32)20(38)19(37)15(6-29)41-26/h1-2,10-27,33-39H,3-9,28-32H2/t11-,12+,13-,14+,15+,16-,17-,18+,19-,20-,21-,22-,23-,24-,25-,26-,27+/m1/s1. The molecule has 18 heteroatoms. The van der Waals surface area contributed by atoms with Crippen LogP contribution in [-0.4, -0.2) is 167 Å². The van der Waals surface area contributed by atoms with Gasteiger partial charge in [-0.3, -0.25) is 0 Å². The lowest BCUT2D eigenvalue weighted by Crippen LogP contribution is -2.64. The molecule has 17 atom stereocenters. The summed E-state index contributed by atoms with van der Waals surface area (Å²) in [5, 5.41) is 72.8. The SMILES string of the molecule is NC[C@@H]1O[C@H](O[C@H]2[C@@H](O)[C@H](O[C@@H]3[C@@H](O)[C@H](CC(CO)CO)C[C@H](N)[C@H]3O[C@H]3O[C@H](CN)C=C[C@H]3N)O[C@@H]2CO)[C@H](N)[C@@H](O)[C@@H]1O. The van der Waals surface area contributed by atoms with Gasteiger partial charge in [-0.15, -0.1) is 0 Å². The normalized spacial score (nSPS) is 47.4. The van der Waals surface area contributed by atoms with Gasteiger partial charge in [0.15, 0.2) is 18.9 Å². The van der Waals surface area contributed by atoms with Crippen molar-refractivity contribution in [2.24, 2.45) is 40.5 Å². The van der Waals surface area contributed by atoms with Crippen LogP contribution >= 0.6 is 0 Å². The Labute approximate surface area is 260 Å². The van der Waals surface area contributed by atoms with E-state index in [-0.39, 0.29) is 39.1 Å². The van der Waals surface area contributed by atoms with Crippen LogP contribution < -0.4 is 28.7 Å². The topological polar surface area (TPSA) is 327 Å². The zero-order chi connectivity index (χ0) is 33.0. The number of ether oxygens (including phenoxy) is 6. The van der Waals surface area contributed by atoms with Gasteiger partial charge in [0, 0.05) is 38.3 Å². The van der Waals surface area contributed by atoms with E-state index in [2.05, 4.69) is 0 Å². The minimum Gasteiger partial charge on any atom is -0.396 e. The number of nitrogens with two attached hydrogens (primary N) is 5. The second-order valence-electron chi connectivity index (χ2n) is 12.2. The first-order valence-corrected chi connectivity index (χ1v) is 15.3. The van der Waals surface area contributed by atoms with Gasteiger partial charge in [0.05, 0.1) is 30.9 Å². The molecule has 0 radical (unpaired) electrons. The average Bonchev–Trinajstić information content (AvgIpc) is 3.33. The number of rotatable bonds is 13. The summed E-state index contributed by atoms with van der Waals surface area (Å²) < 4.78 is 35.5. The summed E-state index contributed by atoms with van der Waals surface area (Å²) in [6.07, 6.45) is -11.9. The quantitative estimate of drug-likeness (QED) is 0.0821. The number of aliphatic hydroxyl groups excluding tert-OH is 7. The summed E-state index contributed by atoms with van der Waals surface area (Å²) >= 11 is 0. The van der Waals surface area contributed by atoms with E-state index in [0.717, 1.165) is 0 Å². The Bertz CT molecular complexity index is 938. The zero-order valence-corrected chi connectivity index (χ0v) is 25.0. The van der Waals surface area contributed by atoms with Gasteiger partial charge in [-0.05, 0) is 18.8 Å². The van der Waals surface area contributed by atoms with Crippen molar-refractivity contribution in [1.82, 2.24) is 0 Å². The molecule has 1 aliphatic carbocycles. The molecule has 3 heterocycles. The van der Waals surface area contributed by atoms with E-state index >= 15 is 0 Å². The van der Waals surface area contributed by atoms with Crippen LogP contribution in [0.4, 0.5) is 0 Å². The molecule has 0 aromatic rings. The maximum atomic E-state index is 11.5. The summed E-state index contributed by atoms with van der Waals surface area (Å²) in [6.45, 7) is -1.26. The Kier molecular flexibility index (Phi) is 13.4. The summed E-state index contributed by atoms with van der Waals surface area (Å²) in [5.41, 5.74) is 30.2. The van der Waals surface area contributed by atoms with Crippen molar-refractivity contribution in [2.45, 2.75) is 111 Å². The van der Waals surface area contributed by atoms with Crippen LogP contribution in [0.15, 0.2) is 12.2 Å². The molecule has 0 bridgehead atoms. The van der Waals surface area contributed by atoms with Gasteiger partial charge in [0.1, 0.15) is 48.8 Å². The molecule has 0 amide bonds. The highest BCUT2D eigenvalue weighted by Gasteiger charge is 2.54. The molecule has 17 N–H and O–H groups in total. The summed E-state index contributed by atoms with van der Waals surface area (Å²) in [7, 11) is 0. The molecule has 3 aliphatic heterocycles. The molecule has 0 spiro atoms. The lowest BCUT2D eigenvalue weighted by atomic mass is 9.75.